The molecule has 7 nitrogen and oxygen atoms in total. The maximum absolute atomic E-state index is 11.7. The number of nitrogens with one attached hydrogen (secondary N) is 2. The zero-order valence-electron chi connectivity index (χ0n) is 9.82. The van der Waals surface area contributed by atoms with Crippen LogP contribution < -0.4 is 5.32 Å². The number of amides is 1. The average molecular weight is 254 g/mol. The van der Waals surface area contributed by atoms with Crippen molar-refractivity contribution in [1.82, 2.24) is 25.0 Å². The second-order valence-electron chi connectivity index (χ2n) is 3.79. The van der Waals surface area contributed by atoms with Crippen molar-refractivity contribution in [2.24, 2.45) is 0 Å². The number of carbonyl (C=O) groups is 1. The van der Waals surface area contributed by atoms with Gasteiger partial charge in [-0.05, 0) is 30.3 Å². The molecular weight excluding hydrogens is 244 g/mol. The van der Waals surface area contributed by atoms with E-state index in [1.807, 2.05) is 24.4 Å². The maximum atomic E-state index is 11.7. The van der Waals surface area contributed by atoms with Crippen molar-refractivity contribution >= 4 is 11.6 Å². The molecule has 1 aromatic carbocycles. The van der Waals surface area contributed by atoms with E-state index in [2.05, 4.69) is 25.6 Å². The van der Waals surface area contributed by atoms with E-state index in [4.69, 9.17) is 0 Å². The molecule has 94 valence electrons. The molecule has 3 aromatic rings. The molecule has 0 fully saturated rings. The lowest BCUT2D eigenvalue weighted by molar-refractivity contribution is 0.101. The Morgan fingerprint density at radius 1 is 1.26 bits per heavy atom. The van der Waals surface area contributed by atoms with E-state index in [0.29, 0.717) is 5.69 Å². The van der Waals surface area contributed by atoms with Crippen LogP contribution in [0.15, 0.2) is 49.1 Å². The minimum absolute atomic E-state index is 0.177. The zero-order valence-corrected chi connectivity index (χ0v) is 9.82. The van der Waals surface area contributed by atoms with Crippen molar-refractivity contribution in [3.05, 3.63) is 54.9 Å². The molecule has 0 spiro atoms. The Morgan fingerprint density at radius 3 is 2.74 bits per heavy atom. The molecule has 3 rings (SSSR count). The Bertz CT molecular complexity index is 657. The van der Waals surface area contributed by atoms with Crippen molar-refractivity contribution in [3.63, 3.8) is 0 Å². The van der Waals surface area contributed by atoms with Crippen LogP contribution in [0.5, 0.6) is 0 Å². The van der Waals surface area contributed by atoms with Crippen LogP contribution in [-0.2, 0) is 0 Å². The number of rotatable bonds is 3. The number of carbonyl (C=O) groups excluding carboxylic acids is 1. The first-order chi connectivity index (χ1) is 9.33. The van der Waals surface area contributed by atoms with Crippen LogP contribution in [-0.4, -0.2) is 30.9 Å². The third kappa shape index (κ3) is 2.34. The van der Waals surface area contributed by atoms with Crippen molar-refractivity contribution in [3.8, 4) is 5.69 Å². The lowest BCUT2D eigenvalue weighted by atomic mass is 10.3. The molecule has 2 aromatic heterocycles. The SMILES string of the molecule is O=C(Nc1ccc(-n2cccn2)cc1)c1ncn[nH]1. The molecule has 0 saturated carbocycles. The largest absolute Gasteiger partial charge is 0.319 e. The lowest BCUT2D eigenvalue weighted by Gasteiger charge is -2.05. The zero-order chi connectivity index (χ0) is 13.1. The van der Waals surface area contributed by atoms with E-state index >= 15 is 0 Å². The predicted molar refractivity (Wildman–Crippen MR) is 67.9 cm³/mol. The number of hydrogen-bond donors (Lipinski definition) is 2. The van der Waals surface area contributed by atoms with Gasteiger partial charge in [-0.15, -0.1) is 0 Å². The summed E-state index contributed by atoms with van der Waals surface area (Å²) < 4.78 is 1.74. The Balaban J connectivity index is 1.75. The van der Waals surface area contributed by atoms with Gasteiger partial charge < -0.3 is 5.32 Å². The van der Waals surface area contributed by atoms with Crippen LogP contribution in [0.3, 0.4) is 0 Å². The molecule has 0 saturated heterocycles. The van der Waals surface area contributed by atoms with Crippen molar-refractivity contribution in [2.75, 3.05) is 5.32 Å². The fraction of sp³-hybridized carbons (Fsp3) is 0. The van der Waals surface area contributed by atoms with Crippen molar-refractivity contribution < 1.29 is 4.79 Å². The standard InChI is InChI=1S/C12H10N6O/c19-12(11-13-8-14-17-11)16-9-2-4-10(5-3-9)18-7-1-6-15-18/h1-8H,(H,16,19)(H,13,14,17). The molecule has 19 heavy (non-hydrogen) atoms. The van der Waals surface area contributed by atoms with Gasteiger partial charge in [0.05, 0.1) is 5.69 Å². The summed E-state index contributed by atoms with van der Waals surface area (Å²) in [5.74, 6) is -0.152. The first kappa shape index (κ1) is 11.1. The average Bonchev–Trinajstić information content (AvgIpc) is 3.13. The summed E-state index contributed by atoms with van der Waals surface area (Å²) in [7, 11) is 0. The highest BCUT2D eigenvalue weighted by atomic mass is 16.2. The van der Waals surface area contributed by atoms with Crippen LogP contribution in [0, 0.1) is 0 Å². The van der Waals surface area contributed by atoms with E-state index in [9.17, 15) is 4.79 Å². The van der Waals surface area contributed by atoms with Gasteiger partial charge in [-0.25, -0.2) is 9.67 Å². The molecule has 0 atom stereocenters. The fourth-order valence-electron chi connectivity index (χ4n) is 1.62. The second-order valence-corrected chi connectivity index (χ2v) is 3.79. The monoisotopic (exact) mass is 254 g/mol. The van der Waals surface area contributed by atoms with Crippen LogP contribution in [0.2, 0.25) is 0 Å². The first-order valence-electron chi connectivity index (χ1n) is 5.60. The molecule has 0 aliphatic carbocycles. The van der Waals surface area contributed by atoms with E-state index in [0.717, 1.165) is 5.69 Å². The molecule has 7 heteroatoms. The smallest absolute Gasteiger partial charge is 0.292 e. The highest BCUT2D eigenvalue weighted by Gasteiger charge is 2.08. The quantitative estimate of drug-likeness (QED) is 0.736. The van der Waals surface area contributed by atoms with Crippen molar-refractivity contribution in [2.45, 2.75) is 0 Å². The molecule has 0 aliphatic rings. The van der Waals surface area contributed by atoms with E-state index in [1.54, 1.807) is 23.0 Å². The molecule has 0 aliphatic heterocycles. The van der Waals surface area contributed by atoms with Gasteiger partial charge >= 0.3 is 0 Å². The fourth-order valence-corrected chi connectivity index (χ4v) is 1.62. The summed E-state index contributed by atoms with van der Waals surface area (Å²) in [5, 5.41) is 13.0. The van der Waals surface area contributed by atoms with Gasteiger partial charge in [0.2, 0.25) is 5.82 Å². The maximum Gasteiger partial charge on any atom is 0.292 e. The number of aromatic nitrogens is 5. The van der Waals surface area contributed by atoms with Crippen LogP contribution in [0.25, 0.3) is 5.69 Å². The Hall–Kier alpha value is -2.96. The molecular formula is C12H10N6O. The molecule has 0 bridgehead atoms. The summed E-state index contributed by atoms with van der Waals surface area (Å²) in [4.78, 5) is 15.5. The first-order valence-corrected chi connectivity index (χ1v) is 5.60. The highest BCUT2D eigenvalue weighted by Crippen LogP contribution is 2.12. The molecule has 2 N–H and O–H groups in total. The summed E-state index contributed by atoms with van der Waals surface area (Å²) >= 11 is 0. The Morgan fingerprint density at radius 2 is 2.11 bits per heavy atom. The lowest BCUT2D eigenvalue weighted by Crippen LogP contribution is -2.13. The summed E-state index contributed by atoms with van der Waals surface area (Å²) in [5.41, 5.74) is 1.60. The van der Waals surface area contributed by atoms with Crippen molar-refractivity contribution in [1.29, 1.82) is 0 Å². The summed E-state index contributed by atoms with van der Waals surface area (Å²) in [6.07, 6.45) is 4.84. The third-order valence-electron chi connectivity index (χ3n) is 2.52. The Labute approximate surface area is 108 Å². The van der Waals surface area contributed by atoms with Crippen LogP contribution in [0.4, 0.5) is 5.69 Å². The molecule has 0 radical (unpaired) electrons. The van der Waals surface area contributed by atoms with Crippen LogP contribution >= 0.6 is 0 Å². The van der Waals surface area contributed by atoms with Gasteiger partial charge in [0.15, 0.2) is 0 Å². The van der Waals surface area contributed by atoms with Gasteiger partial charge in [-0.1, -0.05) is 0 Å². The molecule has 1 amide bonds. The van der Waals surface area contributed by atoms with Crippen LogP contribution in [0.1, 0.15) is 10.6 Å². The minimum Gasteiger partial charge on any atom is -0.319 e. The number of aromatic amines is 1. The third-order valence-corrected chi connectivity index (χ3v) is 2.52. The molecule has 2 heterocycles. The number of anilines is 1. The summed E-state index contributed by atoms with van der Waals surface area (Å²) in [6.45, 7) is 0. The van der Waals surface area contributed by atoms with E-state index < -0.39 is 0 Å². The second kappa shape index (κ2) is 4.73. The predicted octanol–water partition coefficient (Wildman–Crippen LogP) is 1.24. The number of benzene rings is 1. The normalized spacial score (nSPS) is 10.3. The van der Waals surface area contributed by atoms with E-state index in [1.165, 1.54) is 6.33 Å². The number of nitrogens with zero attached hydrogens (tertiary/aromatic N) is 4. The van der Waals surface area contributed by atoms with Gasteiger partial charge in [-0.3, -0.25) is 9.89 Å². The van der Waals surface area contributed by atoms with Gasteiger partial charge in [0.25, 0.3) is 5.91 Å². The topological polar surface area (TPSA) is 88.5 Å². The summed E-state index contributed by atoms with van der Waals surface area (Å²) in [6, 6.07) is 9.17. The van der Waals surface area contributed by atoms with Gasteiger partial charge in [0, 0.05) is 18.1 Å². The molecule has 0 unspecified atom stereocenters. The van der Waals surface area contributed by atoms with E-state index in [-0.39, 0.29) is 11.7 Å². The Kier molecular flexibility index (Phi) is 2.77. The van der Waals surface area contributed by atoms with Gasteiger partial charge in [-0.2, -0.15) is 10.2 Å². The highest BCUT2D eigenvalue weighted by molar-refractivity contribution is 6.01. The number of hydrogen-bond acceptors (Lipinski definition) is 4. The minimum atomic E-state index is -0.329. The number of H-pyrrole nitrogens is 1. The van der Waals surface area contributed by atoms with Gasteiger partial charge in [0.1, 0.15) is 6.33 Å².